The lowest BCUT2D eigenvalue weighted by Gasteiger charge is -2.29. The lowest BCUT2D eigenvalue weighted by molar-refractivity contribution is 0.0923. The quantitative estimate of drug-likeness (QED) is 0.754. The monoisotopic (exact) mass is 395 g/mol. The Morgan fingerprint density at radius 3 is 2.65 bits per heavy atom. The van der Waals surface area contributed by atoms with E-state index >= 15 is 0 Å². The van der Waals surface area contributed by atoms with Crippen molar-refractivity contribution in [3.63, 3.8) is 0 Å². The summed E-state index contributed by atoms with van der Waals surface area (Å²) in [5.74, 6) is -0.0489. The second kappa shape index (κ2) is 8.69. The third kappa shape index (κ3) is 5.08. The van der Waals surface area contributed by atoms with E-state index in [1.807, 2.05) is 0 Å². The molecule has 1 aromatic carbocycles. The summed E-state index contributed by atoms with van der Waals surface area (Å²) in [5.41, 5.74) is 1.09. The number of pyridine rings is 1. The van der Waals surface area contributed by atoms with Crippen LogP contribution in [0.4, 0.5) is 10.1 Å². The number of amides is 1. The number of hydrogen-bond acceptors (Lipinski definition) is 3. The van der Waals surface area contributed by atoms with Gasteiger partial charge in [-0.3, -0.25) is 9.78 Å². The van der Waals surface area contributed by atoms with Crippen molar-refractivity contribution in [2.24, 2.45) is 5.92 Å². The average Bonchev–Trinajstić information content (AvgIpc) is 2.63. The maximum atomic E-state index is 13.1. The first-order valence-corrected chi connectivity index (χ1v) is 9.37. The minimum absolute atomic E-state index is 0.129. The minimum atomic E-state index is -0.346. The number of carbonyl (C=O) groups is 1. The van der Waals surface area contributed by atoms with Crippen molar-refractivity contribution in [2.75, 3.05) is 11.9 Å². The highest BCUT2D eigenvalue weighted by Crippen LogP contribution is 2.26. The van der Waals surface area contributed by atoms with Crippen molar-refractivity contribution < 1.29 is 9.18 Å². The molecule has 1 heterocycles. The van der Waals surface area contributed by atoms with E-state index in [-0.39, 0.29) is 17.8 Å². The predicted molar refractivity (Wildman–Crippen MR) is 102 cm³/mol. The SMILES string of the molecule is O=C(N[C@H]1CC[C@H](CNc2cncc(F)c2)CC1)c1cc(Cl)ccc1Cl. The summed E-state index contributed by atoms with van der Waals surface area (Å²) in [7, 11) is 0. The van der Waals surface area contributed by atoms with E-state index in [1.54, 1.807) is 24.4 Å². The summed E-state index contributed by atoms with van der Waals surface area (Å²) in [5, 5.41) is 7.16. The molecule has 2 N–H and O–H groups in total. The fourth-order valence-electron chi connectivity index (χ4n) is 3.22. The number of anilines is 1. The summed E-state index contributed by atoms with van der Waals surface area (Å²) < 4.78 is 13.1. The Morgan fingerprint density at radius 1 is 1.15 bits per heavy atom. The minimum Gasteiger partial charge on any atom is -0.383 e. The number of aromatic nitrogens is 1. The molecule has 26 heavy (non-hydrogen) atoms. The number of benzene rings is 1. The Kier molecular flexibility index (Phi) is 6.33. The Bertz CT molecular complexity index is 779. The van der Waals surface area contributed by atoms with Gasteiger partial charge in [-0.2, -0.15) is 0 Å². The van der Waals surface area contributed by atoms with Gasteiger partial charge in [0.2, 0.25) is 0 Å². The van der Waals surface area contributed by atoms with E-state index in [4.69, 9.17) is 23.2 Å². The van der Waals surface area contributed by atoms with Crippen LogP contribution in [0.5, 0.6) is 0 Å². The fourth-order valence-corrected chi connectivity index (χ4v) is 3.59. The van der Waals surface area contributed by atoms with Gasteiger partial charge in [-0.1, -0.05) is 23.2 Å². The van der Waals surface area contributed by atoms with Gasteiger partial charge in [0.1, 0.15) is 5.82 Å². The van der Waals surface area contributed by atoms with Crippen LogP contribution in [0.3, 0.4) is 0 Å². The molecule has 1 amide bonds. The summed E-state index contributed by atoms with van der Waals surface area (Å²) in [6.07, 6.45) is 6.58. The Balaban J connectivity index is 1.46. The van der Waals surface area contributed by atoms with Gasteiger partial charge in [0.05, 0.1) is 28.7 Å². The molecule has 0 radical (unpaired) electrons. The molecule has 1 aliphatic rings. The molecule has 1 fully saturated rings. The number of hydrogen-bond donors (Lipinski definition) is 2. The van der Waals surface area contributed by atoms with E-state index in [2.05, 4.69) is 15.6 Å². The first kappa shape index (κ1) is 18.9. The van der Waals surface area contributed by atoms with Gasteiger partial charge in [-0.05, 0) is 49.8 Å². The molecule has 0 aliphatic heterocycles. The van der Waals surface area contributed by atoms with Gasteiger partial charge in [0.15, 0.2) is 0 Å². The Hall–Kier alpha value is -1.85. The zero-order valence-corrected chi connectivity index (χ0v) is 15.7. The standard InChI is InChI=1S/C19H20Cl2FN3O/c20-13-3-6-18(21)17(7-13)19(26)25-15-4-1-12(2-5-15)9-24-16-8-14(22)10-23-11-16/h3,6-8,10-12,15,24H,1-2,4-5,9H2,(H,25,26)/t12-,15-. The second-order valence-electron chi connectivity index (χ2n) is 6.59. The molecule has 0 saturated heterocycles. The van der Waals surface area contributed by atoms with Gasteiger partial charge in [-0.25, -0.2) is 4.39 Å². The second-order valence-corrected chi connectivity index (χ2v) is 7.43. The van der Waals surface area contributed by atoms with E-state index in [9.17, 15) is 9.18 Å². The lowest BCUT2D eigenvalue weighted by Crippen LogP contribution is -2.38. The van der Waals surface area contributed by atoms with Crippen molar-refractivity contribution in [1.29, 1.82) is 0 Å². The van der Waals surface area contributed by atoms with Gasteiger partial charge in [0, 0.05) is 23.7 Å². The molecule has 0 spiro atoms. The topological polar surface area (TPSA) is 54.0 Å². The number of rotatable bonds is 5. The van der Waals surface area contributed by atoms with Crippen LogP contribution in [0.15, 0.2) is 36.7 Å². The third-order valence-corrected chi connectivity index (χ3v) is 5.22. The van der Waals surface area contributed by atoms with E-state index in [1.165, 1.54) is 12.3 Å². The van der Waals surface area contributed by atoms with Crippen LogP contribution in [0.1, 0.15) is 36.0 Å². The summed E-state index contributed by atoms with van der Waals surface area (Å²) in [4.78, 5) is 16.2. The number of nitrogens with zero attached hydrogens (tertiary/aromatic N) is 1. The molecule has 0 unspecified atom stereocenters. The highest BCUT2D eigenvalue weighted by molar-refractivity contribution is 6.35. The van der Waals surface area contributed by atoms with Crippen LogP contribution in [0.25, 0.3) is 0 Å². The number of nitrogens with one attached hydrogen (secondary N) is 2. The molecule has 0 bridgehead atoms. The predicted octanol–water partition coefficient (Wildman–Crippen LogP) is 4.93. The molecular formula is C19H20Cl2FN3O. The third-order valence-electron chi connectivity index (χ3n) is 4.65. The zero-order valence-electron chi connectivity index (χ0n) is 14.1. The first-order chi connectivity index (χ1) is 12.5. The molecule has 0 atom stereocenters. The van der Waals surface area contributed by atoms with Crippen molar-refractivity contribution in [2.45, 2.75) is 31.7 Å². The van der Waals surface area contributed by atoms with Crippen LogP contribution >= 0.6 is 23.2 Å². The van der Waals surface area contributed by atoms with Crippen molar-refractivity contribution in [3.8, 4) is 0 Å². The molecule has 3 rings (SSSR count). The van der Waals surface area contributed by atoms with Crippen LogP contribution < -0.4 is 10.6 Å². The van der Waals surface area contributed by atoms with E-state index < -0.39 is 0 Å². The fraction of sp³-hybridized carbons (Fsp3) is 0.368. The van der Waals surface area contributed by atoms with Crippen molar-refractivity contribution >= 4 is 34.8 Å². The molecule has 2 aromatic rings. The number of carbonyl (C=O) groups excluding carboxylic acids is 1. The first-order valence-electron chi connectivity index (χ1n) is 8.61. The van der Waals surface area contributed by atoms with Crippen LogP contribution in [0.2, 0.25) is 10.0 Å². The highest BCUT2D eigenvalue weighted by atomic mass is 35.5. The van der Waals surface area contributed by atoms with Gasteiger partial charge < -0.3 is 10.6 Å². The van der Waals surface area contributed by atoms with E-state index in [0.717, 1.165) is 32.2 Å². The molecule has 4 nitrogen and oxygen atoms in total. The van der Waals surface area contributed by atoms with E-state index in [0.29, 0.717) is 27.2 Å². The lowest BCUT2D eigenvalue weighted by atomic mass is 9.86. The Morgan fingerprint density at radius 2 is 1.92 bits per heavy atom. The van der Waals surface area contributed by atoms with Gasteiger partial charge >= 0.3 is 0 Å². The van der Waals surface area contributed by atoms with Gasteiger partial charge in [0.25, 0.3) is 5.91 Å². The molecule has 7 heteroatoms. The maximum Gasteiger partial charge on any atom is 0.253 e. The smallest absolute Gasteiger partial charge is 0.253 e. The Labute approximate surface area is 162 Å². The molecular weight excluding hydrogens is 376 g/mol. The van der Waals surface area contributed by atoms with Crippen molar-refractivity contribution in [3.05, 3.63) is 58.1 Å². The number of halogens is 3. The summed E-state index contributed by atoms with van der Waals surface area (Å²) in [6, 6.07) is 6.44. The van der Waals surface area contributed by atoms with Crippen LogP contribution in [0, 0.1) is 11.7 Å². The molecule has 1 aliphatic carbocycles. The summed E-state index contributed by atoms with van der Waals surface area (Å²) in [6.45, 7) is 0.770. The molecule has 138 valence electrons. The van der Waals surface area contributed by atoms with Crippen LogP contribution in [-0.4, -0.2) is 23.5 Å². The van der Waals surface area contributed by atoms with Crippen LogP contribution in [-0.2, 0) is 0 Å². The van der Waals surface area contributed by atoms with Crippen molar-refractivity contribution in [1.82, 2.24) is 10.3 Å². The maximum absolute atomic E-state index is 13.1. The normalized spacial score (nSPS) is 19.8. The summed E-state index contributed by atoms with van der Waals surface area (Å²) >= 11 is 12.0. The molecule has 1 aromatic heterocycles. The zero-order chi connectivity index (χ0) is 18.5. The molecule has 1 saturated carbocycles. The van der Waals surface area contributed by atoms with Gasteiger partial charge in [-0.15, -0.1) is 0 Å². The average molecular weight is 396 g/mol. The highest BCUT2D eigenvalue weighted by Gasteiger charge is 2.23. The largest absolute Gasteiger partial charge is 0.383 e.